The molecule has 4 saturated heterocycles. The van der Waals surface area contributed by atoms with Crippen molar-refractivity contribution in [2.45, 2.75) is 25.3 Å². The molecule has 3 atom stereocenters. The number of benzene rings is 1. The third-order valence-corrected chi connectivity index (χ3v) is 6.65. The molecule has 4 aliphatic heterocycles. The molecule has 0 saturated carbocycles. The maximum atomic E-state index is 6.34. The van der Waals surface area contributed by atoms with Gasteiger partial charge in [0.2, 0.25) is 5.71 Å². The van der Waals surface area contributed by atoms with Crippen LogP contribution < -0.4 is 0 Å². The summed E-state index contributed by atoms with van der Waals surface area (Å²) in [5.41, 5.74) is 4.64. The van der Waals surface area contributed by atoms with Crippen LogP contribution in [0.2, 0.25) is 0 Å². The third-order valence-electron chi connectivity index (χ3n) is 6.65. The standard InChI is InChI=1S/C20H22N4O/c1-13-5-6-15-16-4-3-7-21-19(16)25-18(15)17(13)20-8-22-10-23(9-20)12-24(11-22)14(20)2/h3-7,14H,8-12H2,1-2H3/t14-/m1/s1. The molecule has 4 fully saturated rings. The van der Waals surface area contributed by atoms with Crippen molar-refractivity contribution < 1.29 is 4.42 Å². The largest absolute Gasteiger partial charge is 0.437 e. The maximum absolute atomic E-state index is 6.34. The van der Waals surface area contributed by atoms with E-state index in [1.54, 1.807) is 0 Å². The number of hydrogen-bond donors (Lipinski definition) is 0. The summed E-state index contributed by atoms with van der Waals surface area (Å²) in [5.74, 6) is 0. The van der Waals surface area contributed by atoms with Crippen LogP contribution in [0.25, 0.3) is 22.1 Å². The Morgan fingerprint density at radius 2 is 1.88 bits per heavy atom. The van der Waals surface area contributed by atoms with Gasteiger partial charge in [0, 0.05) is 47.1 Å². The molecule has 5 nitrogen and oxygen atoms in total. The molecule has 2 aromatic heterocycles. The first kappa shape index (κ1) is 14.2. The minimum Gasteiger partial charge on any atom is -0.437 e. The second-order valence-corrected chi connectivity index (χ2v) is 8.10. The Bertz CT molecular complexity index is 996. The lowest BCUT2D eigenvalue weighted by molar-refractivity contribution is -0.172. The zero-order valence-electron chi connectivity index (χ0n) is 14.7. The van der Waals surface area contributed by atoms with Crippen molar-refractivity contribution in [2.24, 2.45) is 0 Å². The highest BCUT2D eigenvalue weighted by Crippen LogP contribution is 2.47. The van der Waals surface area contributed by atoms with Gasteiger partial charge in [0.1, 0.15) is 5.58 Å². The first-order valence-corrected chi connectivity index (χ1v) is 9.12. The average molecular weight is 334 g/mol. The second-order valence-electron chi connectivity index (χ2n) is 8.10. The molecule has 0 aliphatic carbocycles. The molecule has 0 radical (unpaired) electrons. The van der Waals surface area contributed by atoms with Crippen molar-refractivity contribution in [1.82, 2.24) is 19.7 Å². The Morgan fingerprint density at radius 3 is 2.68 bits per heavy atom. The minimum absolute atomic E-state index is 0.103. The van der Waals surface area contributed by atoms with Crippen LogP contribution in [0.5, 0.6) is 0 Å². The quantitative estimate of drug-likeness (QED) is 0.684. The van der Waals surface area contributed by atoms with E-state index in [1.807, 2.05) is 12.3 Å². The van der Waals surface area contributed by atoms with Gasteiger partial charge in [-0.3, -0.25) is 14.7 Å². The number of aryl methyl sites for hydroxylation is 1. The van der Waals surface area contributed by atoms with Crippen molar-refractivity contribution >= 4 is 22.1 Å². The van der Waals surface area contributed by atoms with E-state index in [4.69, 9.17) is 4.42 Å². The fourth-order valence-electron chi connectivity index (χ4n) is 5.60. The summed E-state index contributed by atoms with van der Waals surface area (Å²) < 4.78 is 6.34. The number of furan rings is 1. The molecule has 1 aromatic carbocycles. The molecule has 4 aliphatic rings. The lowest BCUT2D eigenvalue weighted by Crippen LogP contribution is -2.77. The van der Waals surface area contributed by atoms with Crippen molar-refractivity contribution in [2.75, 3.05) is 33.1 Å². The van der Waals surface area contributed by atoms with Crippen LogP contribution in [0.3, 0.4) is 0 Å². The van der Waals surface area contributed by atoms with Gasteiger partial charge >= 0.3 is 0 Å². The molecule has 7 rings (SSSR count). The van der Waals surface area contributed by atoms with E-state index < -0.39 is 0 Å². The van der Waals surface area contributed by atoms with Gasteiger partial charge in [-0.15, -0.1) is 0 Å². The Hall–Kier alpha value is -1.95. The Labute approximate surface area is 146 Å². The van der Waals surface area contributed by atoms with Gasteiger partial charge in [-0.2, -0.15) is 0 Å². The summed E-state index contributed by atoms with van der Waals surface area (Å²) in [7, 11) is 0. The lowest BCUT2D eigenvalue weighted by atomic mass is 9.68. The fourth-order valence-corrected chi connectivity index (χ4v) is 5.60. The Kier molecular flexibility index (Phi) is 2.63. The summed E-state index contributed by atoms with van der Waals surface area (Å²) in [4.78, 5) is 12.2. The smallest absolute Gasteiger partial charge is 0.227 e. The van der Waals surface area contributed by atoms with E-state index in [0.717, 1.165) is 49.8 Å². The van der Waals surface area contributed by atoms with Crippen LogP contribution in [0, 0.1) is 6.92 Å². The van der Waals surface area contributed by atoms with Gasteiger partial charge in [0.25, 0.3) is 0 Å². The van der Waals surface area contributed by atoms with Gasteiger partial charge in [0.15, 0.2) is 0 Å². The van der Waals surface area contributed by atoms with Gasteiger partial charge in [-0.05, 0) is 31.5 Å². The number of hydrogen-bond acceptors (Lipinski definition) is 5. The number of rotatable bonds is 1. The van der Waals surface area contributed by atoms with Crippen LogP contribution >= 0.6 is 0 Å². The molecule has 2 unspecified atom stereocenters. The first-order chi connectivity index (χ1) is 12.2. The summed E-state index contributed by atoms with van der Waals surface area (Å²) >= 11 is 0. The molecule has 0 N–H and O–H groups in total. The summed E-state index contributed by atoms with van der Waals surface area (Å²) in [6.45, 7) is 10.2. The molecule has 5 heteroatoms. The van der Waals surface area contributed by atoms with Crippen LogP contribution in [-0.4, -0.2) is 58.8 Å². The summed E-state index contributed by atoms with van der Waals surface area (Å²) in [5, 5.41) is 2.32. The number of aromatic nitrogens is 1. The maximum Gasteiger partial charge on any atom is 0.227 e. The SMILES string of the molecule is Cc1ccc2c(oc3ncccc32)c1C12CN3CN(CN(C3)[C@@H]1C)C2. The van der Waals surface area contributed by atoms with Crippen LogP contribution in [0.15, 0.2) is 34.9 Å². The van der Waals surface area contributed by atoms with E-state index in [-0.39, 0.29) is 5.41 Å². The highest BCUT2D eigenvalue weighted by molar-refractivity contribution is 6.05. The van der Waals surface area contributed by atoms with Gasteiger partial charge < -0.3 is 4.42 Å². The van der Waals surface area contributed by atoms with Crippen molar-refractivity contribution in [1.29, 1.82) is 0 Å². The third kappa shape index (κ3) is 1.71. The number of fused-ring (bicyclic) bond motifs is 3. The van der Waals surface area contributed by atoms with Gasteiger partial charge in [-0.1, -0.05) is 12.1 Å². The zero-order valence-corrected chi connectivity index (χ0v) is 14.7. The molecule has 25 heavy (non-hydrogen) atoms. The van der Waals surface area contributed by atoms with Gasteiger partial charge in [0.05, 0.1) is 20.0 Å². The molecule has 4 bridgehead atoms. The van der Waals surface area contributed by atoms with E-state index in [9.17, 15) is 0 Å². The summed E-state index contributed by atoms with van der Waals surface area (Å²) in [6.07, 6.45) is 1.81. The Balaban J connectivity index is 1.67. The molecular weight excluding hydrogens is 312 g/mol. The zero-order chi connectivity index (χ0) is 16.8. The second kappa shape index (κ2) is 4.61. The number of pyridine rings is 1. The normalized spacial score (nSPS) is 36.6. The first-order valence-electron chi connectivity index (χ1n) is 9.12. The minimum atomic E-state index is 0.103. The monoisotopic (exact) mass is 334 g/mol. The van der Waals surface area contributed by atoms with Crippen molar-refractivity contribution in [3.05, 3.63) is 41.6 Å². The lowest BCUT2D eigenvalue weighted by Gasteiger charge is -2.64. The molecule has 3 aromatic rings. The molecular formula is C20H22N4O. The average Bonchev–Trinajstić information content (AvgIpc) is 2.97. The molecule has 128 valence electrons. The van der Waals surface area contributed by atoms with Crippen LogP contribution in [-0.2, 0) is 5.41 Å². The highest BCUT2D eigenvalue weighted by atomic mass is 16.3. The highest BCUT2D eigenvalue weighted by Gasteiger charge is 2.55. The molecule has 0 amide bonds. The van der Waals surface area contributed by atoms with Gasteiger partial charge in [-0.25, -0.2) is 4.98 Å². The van der Waals surface area contributed by atoms with E-state index in [1.165, 1.54) is 16.5 Å². The van der Waals surface area contributed by atoms with E-state index >= 15 is 0 Å². The number of nitrogens with zero attached hydrogens (tertiary/aromatic N) is 4. The topological polar surface area (TPSA) is 35.8 Å². The van der Waals surface area contributed by atoms with Crippen molar-refractivity contribution in [3.8, 4) is 0 Å². The predicted octanol–water partition coefficient (Wildman–Crippen LogP) is 2.74. The van der Waals surface area contributed by atoms with Crippen LogP contribution in [0.1, 0.15) is 18.1 Å². The summed E-state index contributed by atoms with van der Waals surface area (Å²) in [6, 6.07) is 9.10. The fraction of sp³-hybridized carbons (Fsp3) is 0.450. The molecule has 6 heterocycles. The van der Waals surface area contributed by atoms with Crippen LogP contribution in [0.4, 0.5) is 0 Å². The van der Waals surface area contributed by atoms with E-state index in [2.05, 4.69) is 51.7 Å². The molecule has 0 spiro atoms. The van der Waals surface area contributed by atoms with E-state index in [0.29, 0.717) is 6.04 Å². The predicted molar refractivity (Wildman–Crippen MR) is 97.2 cm³/mol. The van der Waals surface area contributed by atoms with Crippen molar-refractivity contribution in [3.63, 3.8) is 0 Å². The Morgan fingerprint density at radius 1 is 1.08 bits per heavy atom.